The Morgan fingerprint density at radius 1 is 1.00 bits per heavy atom. The number of nitrogens with two attached hydrogens (primary N) is 1. The van der Waals surface area contributed by atoms with E-state index in [0.717, 1.165) is 19.3 Å². The van der Waals surface area contributed by atoms with Crippen LogP contribution < -0.4 is 5.14 Å². The topological polar surface area (TPSA) is 102 Å². The molecular formula is C13H26N4O2S. The molecule has 0 unspecified atom stereocenters. The minimum Gasteiger partial charge on any atom is -0.262 e. The third kappa shape index (κ3) is 7.00. The Morgan fingerprint density at radius 3 is 2.05 bits per heavy atom. The lowest BCUT2D eigenvalue weighted by atomic mass is 10.1. The van der Waals surface area contributed by atoms with E-state index in [4.69, 9.17) is 5.14 Å². The molecule has 1 heterocycles. The van der Waals surface area contributed by atoms with Crippen LogP contribution in [0.15, 0.2) is 5.16 Å². The van der Waals surface area contributed by atoms with Gasteiger partial charge < -0.3 is 0 Å². The van der Waals surface area contributed by atoms with Gasteiger partial charge in [-0.25, -0.2) is 18.5 Å². The van der Waals surface area contributed by atoms with Crippen LogP contribution in [-0.2, 0) is 16.4 Å². The molecule has 20 heavy (non-hydrogen) atoms. The Hall–Kier alpha value is -0.950. The van der Waals surface area contributed by atoms with E-state index >= 15 is 0 Å². The second-order valence-corrected chi connectivity index (χ2v) is 6.64. The van der Waals surface area contributed by atoms with E-state index in [1.165, 1.54) is 44.9 Å². The van der Waals surface area contributed by atoms with Crippen LogP contribution in [0.4, 0.5) is 0 Å². The lowest BCUT2D eigenvalue weighted by Crippen LogP contribution is -2.13. The largest absolute Gasteiger partial charge is 0.282 e. The smallest absolute Gasteiger partial charge is 0.262 e. The molecule has 0 fully saturated rings. The summed E-state index contributed by atoms with van der Waals surface area (Å²) in [6.45, 7) is 2.23. The fraction of sp³-hybridized carbons (Fsp3) is 0.846. The van der Waals surface area contributed by atoms with Gasteiger partial charge in [-0.1, -0.05) is 58.3 Å². The van der Waals surface area contributed by atoms with Crippen LogP contribution in [0.3, 0.4) is 0 Å². The summed E-state index contributed by atoms with van der Waals surface area (Å²) in [6.07, 6.45) is 12.0. The molecule has 0 atom stereocenters. The molecule has 0 aliphatic rings. The van der Waals surface area contributed by atoms with E-state index < -0.39 is 10.0 Å². The second kappa shape index (κ2) is 9.07. The Morgan fingerprint density at radius 2 is 1.55 bits per heavy atom. The van der Waals surface area contributed by atoms with E-state index in [1.807, 2.05) is 0 Å². The fourth-order valence-corrected chi connectivity index (χ4v) is 2.53. The molecule has 0 aliphatic carbocycles. The van der Waals surface area contributed by atoms with E-state index in [0.29, 0.717) is 5.82 Å². The van der Waals surface area contributed by atoms with Crippen molar-refractivity contribution in [2.24, 2.45) is 5.14 Å². The summed E-state index contributed by atoms with van der Waals surface area (Å²) in [6, 6.07) is 0. The standard InChI is InChI=1S/C13H26N4O2S/c1-2-3-4-5-6-7-8-9-10-11-12-15-13(17-16-12)20(14,18)19/h2-11H2,1H3,(H2,14,18,19)(H,15,16,17). The van der Waals surface area contributed by atoms with Crippen molar-refractivity contribution in [3.8, 4) is 0 Å². The van der Waals surface area contributed by atoms with Gasteiger partial charge in [-0.3, -0.25) is 5.10 Å². The van der Waals surface area contributed by atoms with E-state index in [-0.39, 0.29) is 5.16 Å². The van der Waals surface area contributed by atoms with Crippen molar-refractivity contribution in [1.82, 2.24) is 15.2 Å². The number of aryl methyl sites for hydroxylation is 1. The number of nitrogens with zero attached hydrogens (tertiary/aromatic N) is 2. The van der Waals surface area contributed by atoms with Gasteiger partial charge >= 0.3 is 0 Å². The average Bonchev–Trinajstić information content (AvgIpc) is 2.85. The Labute approximate surface area is 121 Å². The van der Waals surface area contributed by atoms with Crippen molar-refractivity contribution in [2.45, 2.75) is 76.3 Å². The van der Waals surface area contributed by atoms with Crippen molar-refractivity contribution in [1.29, 1.82) is 0 Å². The van der Waals surface area contributed by atoms with Crippen molar-refractivity contribution in [3.63, 3.8) is 0 Å². The lowest BCUT2D eigenvalue weighted by molar-refractivity contribution is 0.562. The zero-order valence-corrected chi connectivity index (χ0v) is 13.1. The molecule has 1 rings (SSSR count). The van der Waals surface area contributed by atoms with Crippen LogP contribution in [-0.4, -0.2) is 23.6 Å². The number of sulfonamides is 1. The predicted octanol–water partition coefficient (Wildman–Crippen LogP) is 2.53. The number of rotatable bonds is 11. The van der Waals surface area contributed by atoms with Crippen molar-refractivity contribution in [3.05, 3.63) is 5.82 Å². The molecule has 0 amide bonds. The highest BCUT2D eigenvalue weighted by Gasteiger charge is 2.14. The highest BCUT2D eigenvalue weighted by Crippen LogP contribution is 2.11. The minimum absolute atomic E-state index is 0.316. The molecule has 0 aromatic carbocycles. The predicted molar refractivity (Wildman–Crippen MR) is 78.7 cm³/mol. The summed E-state index contributed by atoms with van der Waals surface area (Å²) >= 11 is 0. The first-order valence-corrected chi connectivity index (χ1v) is 9.02. The Balaban J connectivity index is 2.06. The van der Waals surface area contributed by atoms with Gasteiger partial charge in [-0.05, 0) is 6.42 Å². The monoisotopic (exact) mass is 302 g/mol. The molecule has 0 aliphatic heterocycles. The first kappa shape index (κ1) is 17.1. The molecule has 3 N–H and O–H groups in total. The quantitative estimate of drug-likeness (QED) is 0.613. The molecule has 116 valence electrons. The first-order chi connectivity index (χ1) is 9.54. The summed E-state index contributed by atoms with van der Waals surface area (Å²) < 4.78 is 22.0. The molecule has 0 saturated heterocycles. The maximum Gasteiger partial charge on any atom is 0.282 e. The van der Waals surface area contributed by atoms with Gasteiger partial charge in [0.2, 0.25) is 0 Å². The normalized spacial score (nSPS) is 11.9. The summed E-state index contributed by atoms with van der Waals surface area (Å²) in [5.74, 6) is 0.594. The molecular weight excluding hydrogens is 276 g/mol. The van der Waals surface area contributed by atoms with Crippen LogP contribution in [0.1, 0.15) is 70.5 Å². The zero-order chi connectivity index (χ0) is 14.8. The molecule has 6 nitrogen and oxygen atoms in total. The first-order valence-electron chi connectivity index (χ1n) is 7.48. The van der Waals surface area contributed by atoms with Gasteiger partial charge in [0.1, 0.15) is 5.82 Å². The zero-order valence-electron chi connectivity index (χ0n) is 12.3. The Kier molecular flexibility index (Phi) is 7.76. The van der Waals surface area contributed by atoms with Crippen LogP contribution in [0.2, 0.25) is 0 Å². The van der Waals surface area contributed by atoms with E-state index in [1.54, 1.807) is 0 Å². The average molecular weight is 302 g/mol. The number of H-pyrrole nitrogens is 1. The van der Waals surface area contributed by atoms with Gasteiger partial charge in [0.15, 0.2) is 0 Å². The highest BCUT2D eigenvalue weighted by molar-refractivity contribution is 7.89. The molecule has 1 aromatic rings. The third-order valence-corrected chi connectivity index (χ3v) is 3.97. The summed E-state index contributed by atoms with van der Waals surface area (Å²) in [5, 5.41) is 10.8. The number of hydrogen-bond acceptors (Lipinski definition) is 4. The van der Waals surface area contributed by atoms with Crippen LogP contribution >= 0.6 is 0 Å². The van der Waals surface area contributed by atoms with Gasteiger partial charge in [-0.15, -0.1) is 5.10 Å². The molecule has 0 saturated carbocycles. The van der Waals surface area contributed by atoms with Crippen molar-refractivity contribution < 1.29 is 8.42 Å². The van der Waals surface area contributed by atoms with E-state index in [2.05, 4.69) is 22.1 Å². The van der Waals surface area contributed by atoms with Gasteiger partial charge in [0, 0.05) is 6.42 Å². The van der Waals surface area contributed by atoms with Crippen LogP contribution in [0.25, 0.3) is 0 Å². The SMILES string of the molecule is CCCCCCCCCCCc1nc(S(N)(=O)=O)n[nH]1. The molecule has 7 heteroatoms. The number of nitrogens with one attached hydrogen (secondary N) is 1. The third-order valence-electron chi connectivity index (χ3n) is 3.28. The summed E-state index contributed by atoms with van der Waals surface area (Å²) in [5.41, 5.74) is 0. The van der Waals surface area contributed by atoms with Crippen molar-refractivity contribution in [2.75, 3.05) is 0 Å². The summed E-state index contributed by atoms with van der Waals surface area (Å²) in [7, 11) is -3.79. The number of primary sulfonamides is 1. The minimum atomic E-state index is -3.79. The van der Waals surface area contributed by atoms with Gasteiger partial charge in [0.05, 0.1) is 0 Å². The summed E-state index contributed by atoms with van der Waals surface area (Å²) in [4.78, 5) is 3.87. The Bertz CT molecular complexity index is 470. The maximum atomic E-state index is 11.0. The number of aromatic amines is 1. The second-order valence-electron chi connectivity index (χ2n) is 5.19. The van der Waals surface area contributed by atoms with Crippen molar-refractivity contribution >= 4 is 10.0 Å². The van der Waals surface area contributed by atoms with Gasteiger partial charge in [0.25, 0.3) is 15.2 Å². The molecule has 0 bridgehead atoms. The van der Waals surface area contributed by atoms with Crippen LogP contribution in [0, 0.1) is 0 Å². The van der Waals surface area contributed by atoms with Crippen LogP contribution in [0.5, 0.6) is 0 Å². The molecule has 0 radical (unpaired) electrons. The van der Waals surface area contributed by atoms with E-state index in [9.17, 15) is 8.42 Å². The highest BCUT2D eigenvalue weighted by atomic mass is 32.2. The number of hydrogen-bond donors (Lipinski definition) is 2. The lowest BCUT2D eigenvalue weighted by Gasteiger charge is -2.00. The maximum absolute atomic E-state index is 11.0. The molecule has 1 aromatic heterocycles. The molecule has 0 spiro atoms. The number of unbranched alkanes of at least 4 members (excludes halogenated alkanes) is 8. The fourth-order valence-electron chi connectivity index (χ4n) is 2.12. The van der Waals surface area contributed by atoms with Gasteiger partial charge in [-0.2, -0.15) is 0 Å². The number of aromatic nitrogens is 3.